The molecule has 0 saturated carbocycles. The van der Waals surface area contributed by atoms with Crippen molar-refractivity contribution in [3.8, 4) is 0 Å². The highest BCUT2D eigenvalue weighted by atomic mass is 35.5. The first kappa shape index (κ1) is 12.1. The molecule has 2 aromatic rings. The average molecular weight is 271 g/mol. The van der Waals surface area contributed by atoms with Crippen molar-refractivity contribution < 1.29 is 10.0 Å². The van der Waals surface area contributed by atoms with E-state index >= 15 is 0 Å². The number of benzene rings is 1. The minimum atomic E-state index is -0.675. The van der Waals surface area contributed by atoms with Crippen LogP contribution in [0.1, 0.15) is 16.1 Å². The largest absolute Gasteiger partial charge is 0.293 e. The molecule has 0 aliphatic rings. The quantitative estimate of drug-likeness (QED) is 0.619. The summed E-state index contributed by atoms with van der Waals surface area (Å²) in [4.78, 5) is 15.4. The van der Waals surface area contributed by atoms with E-state index in [0.29, 0.717) is 15.6 Å². The molecule has 0 aliphatic carbocycles. The zero-order chi connectivity index (χ0) is 12.6. The molecular weight excluding hydrogens is 263 g/mol. The number of amides is 1. The molecule has 6 heteroatoms. The van der Waals surface area contributed by atoms with Crippen molar-refractivity contribution in [2.75, 3.05) is 0 Å². The number of carbonyl (C=O) groups is 1. The molecule has 0 radical (unpaired) electrons. The molecule has 0 bridgehead atoms. The highest BCUT2D eigenvalue weighted by molar-refractivity contribution is 6.38. The molecule has 0 saturated heterocycles. The van der Waals surface area contributed by atoms with Crippen LogP contribution in [-0.2, 0) is 0 Å². The molecule has 1 aromatic carbocycles. The number of carbonyl (C=O) groups excluding carboxylic acids is 1. The second-order valence-electron chi connectivity index (χ2n) is 3.55. The molecule has 4 nitrogen and oxygen atoms in total. The highest BCUT2D eigenvalue weighted by Crippen LogP contribution is 2.29. The van der Waals surface area contributed by atoms with E-state index in [1.165, 1.54) is 5.48 Å². The van der Waals surface area contributed by atoms with E-state index in [1.54, 1.807) is 25.1 Å². The molecule has 0 unspecified atom stereocenters. The maximum atomic E-state index is 11.3. The van der Waals surface area contributed by atoms with Gasteiger partial charge in [0.05, 0.1) is 10.5 Å². The summed E-state index contributed by atoms with van der Waals surface area (Å²) < 4.78 is 0. The maximum absolute atomic E-state index is 11.3. The molecule has 0 atom stereocenters. The summed E-state index contributed by atoms with van der Waals surface area (Å²) in [7, 11) is 0. The van der Waals surface area contributed by atoms with Crippen molar-refractivity contribution in [1.82, 2.24) is 10.5 Å². The summed E-state index contributed by atoms with van der Waals surface area (Å²) >= 11 is 11.9. The Kier molecular flexibility index (Phi) is 3.19. The van der Waals surface area contributed by atoms with Crippen LogP contribution in [0.2, 0.25) is 10.0 Å². The summed E-state index contributed by atoms with van der Waals surface area (Å²) in [5.41, 5.74) is 2.94. The number of nitrogens with zero attached hydrogens (tertiary/aromatic N) is 1. The number of nitrogens with one attached hydrogen (secondary N) is 1. The molecule has 0 aliphatic heterocycles. The third-order valence-electron chi connectivity index (χ3n) is 2.36. The molecule has 0 fully saturated rings. The summed E-state index contributed by atoms with van der Waals surface area (Å²) in [5.74, 6) is -0.675. The number of hydrogen-bond acceptors (Lipinski definition) is 3. The first-order valence-electron chi connectivity index (χ1n) is 4.73. The Labute approximate surface area is 107 Å². The van der Waals surface area contributed by atoms with Crippen LogP contribution in [0.15, 0.2) is 18.2 Å². The molecule has 2 N–H and O–H groups in total. The van der Waals surface area contributed by atoms with Gasteiger partial charge in [-0.2, -0.15) is 0 Å². The SMILES string of the molecule is Cc1cc(C(=O)NO)nc2cc(Cl)cc(Cl)c12. The van der Waals surface area contributed by atoms with Crippen molar-refractivity contribution >= 4 is 40.0 Å². The Morgan fingerprint density at radius 2 is 2.06 bits per heavy atom. The van der Waals surface area contributed by atoms with Gasteiger partial charge in [0, 0.05) is 10.4 Å². The van der Waals surface area contributed by atoms with E-state index in [0.717, 1.165) is 10.9 Å². The van der Waals surface area contributed by atoms with E-state index in [-0.39, 0.29) is 5.69 Å². The fraction of sp³-hybridized carbons (Fsp3) is 0.0909. The van der Waals surface area contributed by atoms with Crippen LogP contribution in [0.5, 0.6) is 0 Å². The number of aromatic nitrogens is 1. The van der Waals surface area contributed by atoms with Crippen LogP contribution in [0, 0.1) is 6.92 Å². The maximum Gasteiger partial charge on any atom is 0.293 e. The number of aryl methyl sites for hydroxylation is 1. The van der Waals surface area contributed by atoms with Gasteiger partial charge in [-0.15, -0.1) is 0 Å². The fourth-order valence-electron chi connectivity index (χ4n) is 1.65. The Bertz CT molecular complexity index is 614. The lowest BCUT2D eigenvalue weighted by Crippen LogP contribution is -2.20. The second-order valence-corrected chi connectivity index (χ2v) is 4.39. The first-order valence-corrected chi connectivity index (χ1v) is 5.49. The zero-order valence-electron chi connectivity index (χ0n) is 8.79. The predicted molar refractivity (Wildman–Crippen MR) is 65.8 cm³/mol. The van der Waals surface area contributed by atoms with Crippen LogP contribution >= 0.6 is 23.2 Å². The van der Waals surface area contributed by atoms with E-state index in [1.807, 2.05) is 0 Å². The van der Waals surface area contributed by atoms with Crippen LogP contribution in [0.3, 0.4) is 0 Å². The van der Waals surface area contributed by atoms with Crippen molar-refractivity contribution in [1.29, 1.82) is 0 Å². The Balaban J connectivity index is 2.77. The van der Waals surface area contributed by atoms with Gasteiger partial charge in [-0.25, -0.2) is 10.5 Å². The lowest BCUT2D eigenvalue weighted by atomic mass is 10.1. The predicted octanol–water partition coefficient (Wildman–Crippen LogP) is 2.97. The summed E-state index contributed by atoms with van der Waals surface area (Å²) in [5, 5.41) is 10.2. The van der Waals surface area contributed by atoms with Crippen LogP contribution < -0.4 is 5.48 Å². The molecule has 1 amide bonds. The van der Waals surface area contributed by atoms with Gasteiger partial charge in [-0.3, -0.25) is 10.0 Å². The van der Waals surface area contributed by atoms with Gasteiger partial charge in [0.15, 0.2) is 0 Å². The van der Waals surface area contributed by atoms with Gasteiger partial charge in [-0.05, 0) is 30.7 Å². The summed E-state index contributed by atoms with van der Waals surface area (Å²) in [6, 6.07) is 4.78. The molecule has 17 heavy (non-hydrogen) atoms. The van der Waals surface area contributed by atoms with Crippen LogP contribution in [0.4, 0.5) is 0 Å². The van der Waals surface area contributed by atoms with Crippen molar-refractivity contribution in [2.45, 2.75) is 6.92 Å². The topological polar surface area (TPSA) is 62.2 Å². The number of halogens is 2. The van der Waals surface area contributed by atoms with Gasteiger partial charge in [0.25, 0.3) is 5.91 Å². The minimum absolute atomic E-state index is 0.107. The second kappa shape index (κ2) is 4.49. The Hall–Kier alpha value is -1.36. The third kappa shape index (κ3) is 2.20. The monoisotopic (exact) mass is 270 g/mol. The van der Waals surface area contributed by atoms with Crippen LogP contribution in [-0.4, -0.2) is 16.1 Å². The van der Waals surface area contributed by atoms with E-state index < -0.39 is 5.91 Å². The normalized spacial score (nSPS) is 10.6. The van der Waals surface area contributed by atoms with Gasteiger partial charge < -0.3 is 0 Å². The lowest BCUT2D eigenvalue weighted by Gasteiger charge is -2.07. The fourth-order valence-corrected chi connectivity index (χ4v) is 2.28. The summed E-state index contributed by atoms with van der Waals surface area (Å²) in [6.07, 6.45) is 0. The third-order valence-corrected chi connectivity index (χ3v) is 2.87. The zero-order valence-corrected chi connectivity index (χ0v) is 10.3. The Morgan fingerprint density at radius 1 is 1.35 bits per heavy atom. The van der Waals surface area contributed by atoms with Gasteiger partial charge in [0.1, 0.15) is 5.69 Å². The van der Waals surface area contributed by atoms with Gasteiger partial charge in [-0.1, -0.05) is 23.2 Å². The van der Waals surface area contributed by atoms with Crippen molar-refractivity contribution in [3.63, 3.8) is 0 Å². The molecule has 88 valence electrons. The summed E-state index contributed by atoms with van der Waals surface area (Å²) in [6.45, 7) is 1.80. The van der Waals surface area contributed by atoms with E-state index in [2.05, 4.69) is 4.98 Å². The average Bonchev–Trinajstić information content (AvgIpc) is 2.26. The number of rotatable bonds is 1. The lowest BCUT2D eigenvalue weighted by molar-refractivity contribution is 0.0701. The molecule has 1 heterocycles. The molecule has 1 aromatic heterocycles. The van der Waals surface area contributed by atoms with Gasteiger partial charge in [0.2, 0.25) is 0 Å². The number of fused-ring (bicyclic) bond motifs is 1. The number of hydrogen-bond donors (Lipinski definition) is 2. The molecular formula is C11H8Cl2N2O2. The van der Waals surface area contributed by atoms with Gasteiger partial charge >= 0.3 is 0 Å². The molecule has 0 spiro atoms. The van der Waals surface area contributed by atoms with Crippen molar-refractivity contribution in [2.24, 2.45) is 0 Å². The molecule has 2 rings (SSSR count). The standard InChI is InChI=1S/C11H8Cl2N2O2/c1-5-2-9(11(16)15-17)14-8-4-6(12)3-7(13)10(5)8/h2-4,17H,1H3,(H,15,16). The van der Waals surface area contributed by atoms with Crippen LogP contribution in [0.25, 0.3) is 10.9 Å². The first-order chi connectivity index (χ1) is 8.02. The number of pyridine rings is 1. The smallest absolute Gasteiger partial charge is 0.288 e. The number of hydroxylamine groups is 1. The van der Waals surface area contributed by atoms with Crippen molar-refractivity contribution in [3.05, 3.63) is 39.5 Å². The van der Waals surface area contributed by atoms with E-state index in [4.69, 9.17) is 28.4 Å². The minimum Gasteiger partial charge on any atom is -0.288 e. The highest BCUT2D eigenvalue weighted by Gasteiger charge is 2.12. The Morgan fingerprint density at radius 3 is 2.71 bits per heavy atom. The van der Waals surface area contributed by atoms with E-state index in [9.17, 15) is 4.79 Å².